The fourth-order valence-corrected chi connectivity index (χ4v) is 1.59. The second-order valence-electron chi connectivity index (χ2n) is 3.77. The van der Waals surface area contributed by atoms with E-state index in [2.05, 4.69) is 5.32 Å². The van der Waals surface area contributed by atoms with Crippen molar-refractivity contribution in [2.75, 3.05) is 5.32 Å². The first-order valence-corrected chi connectivity index (χ1v) is 5.26. The molecule has 0 bridgehead atoms. The van der Waals surface area contributed by atoms with E-state index in [1.54, 1.807) is 19.1 Å². The fraction of sp³-hybridized carbons (Fsp3) is 0.0769. The Morgan fingerprint density at radius 1 is 1.28 bits per heavy atom. The van der Waals surface area contributed by atoms with Gasteiger partial charge in [0.25, 0.3) is 5.91 Å². The van der Waals surface area contributed by atoms with Crippen LogP contribution in [0.25, 0.3) is 0 Å². The lowest BCUT2D eigenvalue weighted by atomic mass is 10.1. The largest absolute Gasteiger partial charge is 0.478 e. The van der Waals surface area contributed by atoms with Gasteiger partial charge in [-0.1, -0.05) is 12.1 Å². The van der Waals surface area contributed by atoms with Crippen molar-refractivity contribution in [3.05, 3.63) is 53.5 Å². The van der Waals surface area contributed by atoms with Crippen LogP contribution in [0.2, 0.25) is 0 Å². The first-order valence-electron chi connectivity index (χ1n) is 5.26. The molecule has 2 aromatic rings. The number of hydrogen-bond acceptors (Lipinski definition) is 3. The van der Waals surface area contributed by atoms with E-state index in [1.807, 2.05) is 0 Å². The maximum atomic E-state index is 11.8. The molecule has 0 unspecified atom stereocenters. The van der Waals surface area contributed by atoms with E-state index in [9.17, 15) is 9.59 Å². The molecule has 1 aromatic heterocycles. The van der Waals surface area contributed by atoms with Gasteiger partial charge in [0.2, 0.25) is 0 Å². The zero-order valence-corrected chi connectivity index (χ0v) is 9.64. The van der Waals surface area contributed by atoms with Crippen LogP contribution in [-0.4, -0.2) is 17.0 Å². The van der Waals surface area contributed by atoms with Crippen molar-refractivity contribution in [2.45, 2.75) is 6.92 Å². The second-order valence-corrected chi connectivity index (χ2v) is 3.77. The highest BCUT2D eigenvalue weighted by Crippen LogP contribution is 2.21. The number of carboxylic acids is 1. The molecule has 1 amide bonds. The van der Waals surface area contributed by atoms with E-state index in [1.165, 1.54) is 24.7 Å². The van der Waals surface area contributed by atoms with Crippen LogP contribution in [0, 0.1) is 6.92 Å². The summed E-state index contributed by atoms with van der Waals surface area (Å²) in [4.78, 5) is 22.9. The van der Waals surface area contributed by atoms with Gasteiger partial charge < -0.3 is 14.8 Å². The predicted molar refractivity (Wildman–Crippen MR) is 64.8 cm³/mol. The molecule has 2 rings (SSSR count). The van der Waals surface area contributed by atoms with Gasteiger partial charge in [0.1, 0.15) is 6.26 Å². The highest BCUT2D eigenvalue weighted by atomic mass is 16.4. The number of nitrogens with one attached hydrogen (secondary N) is 1. The maximum Gasteiger partial charge on any atom is 0.337 e. The number of rotatable bonds is 3. The molecular formula is C13H11NO4. The Balaban J connectivity index is 2.34. The van der Waals surface area contributed by atoms with E-state index < -0.39 is 11.9 Å². The van der Waals surface area contributed by atoms with Gasteiger partial charge in [-0.3, -0.25) is 4.79 Å². The highest BCUT2D eigenvalue weighted by molar-refractivity contribution is 6.08. The summed E-state index contributed by atoms with van der Waals surface area (Å²) >= 11 is 0. The van der Waals surface area contributed by atoms with Gasteiger partial charge in [-0.2, -0.15) is 0 Å². The van der Waals surface area contributed by atoms with Crippen LogP contribution < -0.4 is 5.32 Å². The number of carbonyl (C=O) groups is 2. The Bertz CT molecular complexity index is 587. The van der Waals surface area contributed by atoms with Gasteiger partial charge in [0.15, 0.2) is 0 Å². The van der Waals surface area contributed by atoms with Crippen LogP contribution in [0.5, 0.6) is 0 Å². The van der Waals surface area contributed by atoms with Crippen molar-refractivity contribution in [3.8, 4) is 0 Å². The van der Waals surface area contributed by atoms with E-state index in [-0.39, 0.29) is 5.56 Å². The van der Waals surface area contributed by atoms with Gasteiger partial charge in [-0.15, -0.1) is 0 Å². The van der Waals surface area contributed by atoms with Crippen molar-refractivity contribution in [2.24, 2.45) is 0 Å². The van der Waals surface area contributed by atoms with Gasteiger partial charge in [0.05, 0.1) is 23.1 Å². The van der Waals surface area contributed by atoms with Crippen LogP contribution in [0.15, 0.2) is 41.2 Å². The summed E-state index contributed by atoms with van der Waals surface area (Å²) in [5.41, 5.74) is 1.39. The topological polar surface area (TPSA) is 79.5 Å². The molecule has 0 fully saturated rings. The minimum Gasteiger partial charge on any atom is -0.478 e. The smallest absolute Gasteiger partial charge is 0.337 e. The molecule has 0 saturated heterocycles. The Morgan fingerprint density at radius 2 is 2.06 bits per heavy atom. The zero-order chi connectivity index (χ0) is 13.1. The van der Waals surface area contributed by atoms with E-state index >= 15 is 0 Å². The molecule has 0 radical (unpaired) electrons. The summed E-state index contributed by atoms with van der Waals surface area (Å²) in [7, 11) is 0. The number of carboxylic acid groups (broad SMARTS) is 1. The standard InChI is InChI=1S/C13H11NO4/c1-8-3-2-4-10(13(16)17)11(8)14-12(15)9-5-6-18-7-9/h2-7H,1H3,(H,14,15)(H,16,17). The molecule has 2 N–H and O–H groups in total. The minimum absolute atomic E-state index is 0.0619. The minimum atomic E-state index is -1.08. The average molecular weight is 245 g/mol. The van der Waals surface area contributed by atoms with Crippen molar-refractivity contribution in [1.29, 1.82) is 0 Å². The van der Waals surface area contributed by atoms with Crippen LogP contribution in [0.4, 0.5) is 5.69 Å². The van der Waals surface area contributed by atoms with Crippen molar-refractivity contribution >= 4 is 17.6 Å². The molecule has 5 nitrogen and oxygen atoms in total. The zero-order valence-electron chi connectivity index (χ0n) is 9.64. The first kappa shape index (κ1) is 11.9. The number of amides is 1. The van der Waals surface area contributed by atoms with Crippen molar-refractivity contribution in [3.63, 3.8) is 0 Å². The third-order valence-electron chi connectivity index (χ3n) is 2.53. The van der Waals surface area contributed by atoms with Crippen LogP contribution >= 0.6 is 0 Å². The molecule has 1 aromatic carbocycles. The normalized spacial score (nSPS) is 10.1. The first-order chi connectivity index (χ1) is 8.59. The lowest BCUT2D eigenvalue weighted by Gasteiger charge is -2.10. The summed E-state index contributed by atoms with van der Waals surface area (Å²) in [6, 6.07) is 6.32. The van der Waals surface area contributed by atoms with Gasteiger partial charge in [0, 0.05) is 0 Å². The Hall–Kier alpha value is -2.56. The SMILES string of the molecule is Cc1cccc(C(=O)O)c1NC(=O)c1ccoc1. The number of carbonyl (C=O) groups excluding carboxylic acids is 1. The third-order valence-corrected chi connectivity index (χ3v) is 2.53. The summed E-state index contributed by atoms with van der Waals surface area (Å²) in [6.07, 6.45) is 2.68. The predicted octanol–water partition coefficient (Wildman–Crippen LogP) is 2.54. The monoisotopic (exact) mass is 245 g/mol. The lowest BCUT2D eigenvalue weighted by molar-refractivity contribution is 0.0698. The molecule has 92 valence electrons. The maximum absolute atomic E-state index is 11.8. The number of aromatic carboxylic acids is 1. The number of anilines is 1. The van der Waals surface area contributed by atoms with Gasteiger partial charge >= 0.3 is 5.97 Å². The molecule has 0 aliphatic heterocycles. The van der Waals surface area contributed by atoms with Crippen molar-refractivity contribution < 1.29 is 19.1 Å². The summed E-state index contributed by atoms with van der Waals surface area (Å²) < 4.78 is 4.80. The molecular weight excluding hydrogens is 234 g/mol. The van der Waals surface area contributed by atoms with Gasteiger partial charge in [-0.05, 0) is 24.6 Å². The lowest BCUT2D eigenvalue weighted by Crippen LogP contribution is -2.15. The molecule has 0 aliphatic carbocycles. The number of para-hydroxylation sites is 1. The highest BCUT2D eigenvalue weighted by Gasteiger charge is 2.15. The van der Waals surface area contributed by atoms with Crippen LogP contribution in [0.3, 0.4) is 0 Å². The van der Waals surface area contributed by atoms with E-state index in [4.69, 9.17) is 9.52 Å². The van der Waals surface area contributed by atoms with E-state index in [0.29, 0.717) is 16.8 Å². The molecule has 0 aliphatic rings. The Labute approximate surface area is 103 Å². The number of hydrogen-bond donors (Lipinski definition) is 2. The summed E-state index contributed by atoms with van der Waals surface area (Å²) in [5.74, 6) is -1.48. The number of furan rings is 1. The third kappa shape index (κ3) is 2.24. The molecule has 0 saturated carbocycles. The van der Waals surface area contributed by atoms with Crippen LogP contribution in [0.1, 0.15) is 26.3 Å². The summed E-state index contributed by atoms with van der Waals surface area (Å²) in [6.45, 7) is 1.73. The molecule has 18 heavy (non-hydrogen) atoms. The fourth-order valence-electron chi connectivity index (χ4n) is 1.59. The quantitative estimate of drug-likeness (QED) is 0.870. The second kappa shape index (κ2) is 4.75. The molecule has 5 heteroatoms. The number of aryl methyl sites for hydroxylation is 1. The summed E-state index contributed by atoms with van der Waals surface area (Å²) in [5, 5.41) is 11.6. The molecule has 0 spiro atoms. The van der Waals surface area contributed by atoms with Gasteiger partial charge in [-0.25, -0.2) is 4.79 Å². The number of benzene rings is 1. The average Bonchev–Trinajstić information content (AvgIpc) is 2.85. The molecule has 0 atom stereocenters. The Morgan fingerprint density at radius 3 is 2.67 bits per heavy atom. The molecule has 1 heterocycles. The van der Waals surface area contributed by atoms with Crippen molar-refractivity contribution in [1.82, 2.24) is 0 Å². The Kier molecular flexibility index (Phi) is 3.14. The van der Waals surface area contributed by atoms with E-state index in [0.717, 1.165) is 0 Å². The van der Waals surface area contributed by atoms with Crippen LogP contribution in [-0.2, 0) is 0 Å².